The molecule has 10 aromatic carbocycles. The summed E-state index contributed by atoms with van der Waals surface area (Å²) >= 11 is 0. The van der Waals surface area contributed by atoms with E-state index >= 15 is 0 Å². The fourth-order valence-electron chi connectivity index (χ4n) is 10.6. The molecule has 12 rings (SSSR count). The predicted molar refractivity (Wildman–Crippen MR) is 266 cm³/mol. The van der Waals surface area contributed by atoms with Gasteiger partial charge in [0, 0.05) is 27.8 Å². The van der Waals surface area contributed by atoms with Gasteiger partial charge in [-0.15, -0.1) is 0 Å². The van der Waals surface area contributed by atoms with Gasteiger partial charge in [0.15, 0.2) is 0 Å². The average Bonchev–Trinajstić information content (AvgIpc) is 3.80. The number of hydrogen-bond donors (Lipinski definition) is 0. The molecule has 0 N–H and O–H groups in total. The van der Waals surface area contributed by atoms with Crippen molar-refractivity contribution in [3.05, 3.63) is 258 Å². The van der Waals surface area contributed by atoms with Crippen molar-refractivity contribution in [3.63, 3.8) is 0 Å². The molecule has 1 heterocycles. The number of aromatic nitrogens is 1. The second-order valence-corrected chi connectivity index (χ2v) is 17.6. The van der Waals surface area contributed by atoms with Gasteiger partial charge in [-0.2, -0.15) is 0 Å². The summed E-state index contributed by atoms with van der Waals surface area (Å²) in [6.07, 6.45) is 0. The molecule has 1 aromatic heterocycles. The highest BCUT2D eigenvalue weighted by Crippen LogP contribution is 2.50. The summed E-state index contributed by atoms with van der Waals surface area (Å²) in [5, 5.41) is 5.06. The van der Waals surface area contributed by atoms with E-state index in [-0.39, 0.29) is 11.3 Å². The first-order chi connectivity index (χ1) is 31.0. The van der Waals surface area contributed by atoms with Crippen molar-refractivity contribution in [2.75, 3.05) is 0 Å². The molecule has 0 saturated carbocycles. The molecular weight excluding hydrogens is 759 g/mol. The minimum absolute atomic E-state index is 0.0213. The minimum Gasteiger partial charge on any atom is -0.309 e. The fourth-order valence-corrected chi connectivity index (χ4v) is 10.6. The maximum Gasteiger partial charge on any atom is 0.0547 e. The van der Waals surface area contributed by atoms with Gasteiger partial charge in [-0.3, -0.25) is 0 Å². The molecule has 63 heavy (non-hydrogen) atoms. The molecule has 0 spiro atoms. The van der Waals surface area contributed by atoms with Gasteiger partial charge in [-0.05, 0) is 113 Å². The first kappa shape index (κ1) is 37.1. The highest BCUT2D eigenvalue weighted by Gasteiger charge is 2.36. The lowest BCUT2D eigenvalue weighted by molar-refractivity contribution is 0.659. The zero-order chi connectivity index (χ0) is 42.1. The first-order valence-corrected chi connectivity index (χ1v) is 22.1. The second kappa shape index (κ2) is 14.7. The molecule has 1 unspecified atom stereocenters. The van der Waals surface area contributed by atoms with Gasteiger partial charge in [-0.1, -0.05) is 214 Å². The third-order valence-electron chi connectivity index (χ3n) is 13.8. The van der Waals surface area contributed by atoms with Crippen molar-refractivity contribution in [1.29, 1.82) is 0 Å². The second-order valence-electron chi connectivity index (χ2n) is 17.6. The summed E-state index contributed by atoms with van der Waals surface area (Å²) in [6, 6.07) is 85.5. The Morgan fingerprint density at radius 1 is 0.333 bits per heavy atom. The molecule has 0 saturated heterocycles. The van der Waals surface area contributed by atoms with Crippen LogP contribution in [0.5, 0.6) is 0 Å². The lowest BCUT2D eigenvalue weighted by atomic mass is 9.77. The van der Waals surface area contributed by atoms with Gasteiger partial charge in [0.05, 0.1) is 11.0 Å². The largest absolute Gasteiger partial charge is 0.309 e. The fraction of sp³-hybridized carbons (Fsp3) is 0.0645. The third-order valence-corrected chi connectivity index (χ3v) is 13.8. The van der Waals surface area contributed by atoms with Crippen molar-refractivity contribution in [2.24, 2.45) is 0 Å². The lowest BCUT2D eigenvalue weighted by Crippen LogP contribution is -2.16. The van der Waals surface area contributed by atoms with Crippen LogP contribution in [0.3, 0.4) is 0 Å². The van der Waals surface area contributed by atoms with Gasteiger partial charge in [0.2, 0.25) is 0 Å². The van der Waals surface area contributed by atoms with E-state index in [4.69, 9.17) is 0 Å². The van der Waals surface area contributed by atoms with Gasteiger partial charge in [-0.25, -0.2) is 0 Å². The topological polar surface area (TPSA) is 4.93 Å². The summed E-state index contributed by atoms with van der Waals surface area (Å²) in [5.74, 6) is 0.0213. The summed E-state index contributed by atoms with van der Waals surface area (Å²) in [5.41, 5.74) is 20.2. The molecule has 298 valence electrons. The quantitative estimate of drug-likeness (QED) is 0.141. The molecule has 0 bridgehead atoms. The Kier molecular flexibility index (Phi) is 8.66. The number of hydrogen-bond acceptors (Lipinski definition) is 0. The average molecular weight is 804 g/mol. The Morgan fingerprint density at radius 3 is 1.73 bits per heavy atom. The zero-order valence-corrected chi connectivity index (χ0v) is 35.5. The first-order valence-electron chi connectivity index (χ1n) is 22.1. The van der Waals surface area contributed by atoms with E-state index in [2.05, 4.69) is 249 Å². The standard InChI is InChI=1S/C62H45N/c1-62(2)57-26-13-11-24-52(57)53-34-33-47(39-58(53)62)61(43-30-28-42(29-31-43)41-16-5-3-6-17-41)56-37-36-49(50-22-9-10-23-51(50)56)46-19-15-18-44(38-46)45-32-35-55-54-25-12-14-27-59(54)63(60(55)40-45)48-20-7-4-8-21-48/h3-40,61H,1-2H3. The van der Waals surface area contributed by atoms with Gasteiger partial charge in [0.1, 0.15) is 0 Å². The van der Waals surface area contributed by atoms with Crippen molar-refractivity contribution in [3.8, 4) is 50.2 Å². The molecule has 0 radical (unpaired) electrons. The Bertz CT molecular complexity index is 3520. The van der Waals surface area contributed by atoms with Crippen LogP contribution >= 0.6 is 0 Å². The van der Waals surface area contributed by atoms with Gasteiger partial charge < -0.3 is 4.57 Å². The van der Waals surface area contributed by atoms with Crippen molar-refractivity contribution < 1.29 is 0 Å². The molecule has 1 heteroatoms. The summed E-state index contributed by atoms with van der Waals surface area (Å²) in [7, 11) is 0. The molecule has 1 aliphatic carbocycles. The van der Waals surface area contributed by atoms with E-state index in [1.54, 1.807) is 0 Å². The van der Waals surface area contributed by atoms with Crippen LogP contribution in [-0.2, 0) is 5.41 Å². The van der Waals surface area contributed by atoms with E-state index in [0.717, 1.165) is 0 Å². The van der Waals surface area contributed by atoms with Crippen LogP contribution < -0.4 is 0 Å². The smallest absolute Gasteiger partial charge is 0.0547 e. The summed E-state index contributed by atoms with van der Waals surface area (Å²) in [4.78, 5) is 0. The van der Waals surface area contributed by atoms with Crippen molar-refractivity contribution in [2.45, 2.75) is 25.2 Å². The van der Waals surface area contributed by atoms with Crippen LogP contribution in [0.4, 0.5) is 0 Å². The van der Waals surface area contributed by atoms with Crippen LogP contribution in [0, 0.1) is 0 Å². The Labute approximate surface area is 369 Å². The molecular formula is C62H45N. The van der Waals surface area contributed by atoms with Crippen LogP contribution in [0.15, 0.2) is 231 Å². The molecule has 0 fully saturated rings. The normalized spacial score (nSPS) is 13.3. The highest BCUT2D eigenvalue weighted by molar-refractivity contribution is 6.10. The van der Waals surface area contributed by atoms with Crippen LogP contribution in [0.1, 0.15) is 47.6 Å². The molecule has 1 nitrogen and oxygen atoms in total. The molecule has 1 aliphatic rings. The maximum absolute atomic E-state index is 2.51. The molecule has 1 atom stereocenters. The van der Waals surface area contributed by atoms with E-state index in [1.165, 1.54) is 111 Å². The van der Waals surface area contributed by atoms with Crippen molar-refractivity contribution >= 4 is 32.6 Å². The summed E-state index contributed by atoms with van der Waals surface area (Å²) < 4.78 is 2.40. The van der Waals surface area contributed by atoms with Gasteiger partial charge >= 0.3 is 0 Å². The Hall–Kier alpha value is -7.74. The number of rotatable bonds is 7. The van der Waals surface area contributed by atoms with Crippen LogP contribution in [0.25, 0.3) is 82.8 Å². The minimum atomic E-state index is -0.0940. The van der Waals surface area contributed by atoms with Gasteiger partial charge in [0.25, 0.3) is 0 Å². The number of benzene rings is 10. The Balaban J connectivity index is 0.993. The summed E-state index contributed by atoms with van der Waals surface area (Å²) in [6.45, 7) is 4.76. The number of fused-ring (bicyclic) bond motifs is 7. The van der Waals surface area contributed by atoms with Crippen LogP contribution in [-0.4, -0.2) is 4.57 Å². The SMILES string of the molecule is CC1(C)c2ccccc2-c2ccc(C(c3ccc(-c4ccccc4)cc3)c3ccc(-c4cccc(-c5ccc6c7ccccc7n(-c7ccccc7)c6c5)c4)c4ccccc34)cc21. The monoisotopic (exact) mass is 803 g/mol. The van der Waals surface area contributed by atoms with E-state index < -0.39 is 0 Å². The maximum atomic E-state index is 2.51. The zero-order valence-electron chi connectivity index (χ0n) is 35.5. The number of nitrogens with zero attached hydrogens (tertiary/aromatic N) is 1. The Morgan fingerprint density at radius 2 is 0.905 bits per heavy atom. The molecule has 11 aromatic rings. The highest BCUT2D eigenvalue weighted by atomic mass is 15.0. The molecule has 0 amide bonds. The van der Waals surface area contributed by atoms with E-state index in [9.17, 15) is 0 Å². The number of para-hydroxylation sites is 2. The van der Waals surface area contributed by atoms with Crippen molar-refractivity contribution in [1.82, 2.24) is 4.57 Å². The lowest BCUT2D eigenvalue weighted by Gasteiger charge is -2.26. The molecule has 0 aliphatic heterocycles. The van der Waals surface area contributed by atoms with Crippen LogP contribution in [0.2, 0.25) is 0 Å². The predicted octanol–water partition coefficient (Wildman–Crippen LogP) is 16.4. The van der Waals surface area contributed by atoms with E-state index in [1.807, 2.05) is 0 Å². The van der Waals surface area contributed by atoms with E-state index in [0.29, 0.717) is 0 Å². The third kappa shape index (κ3) is 6.07.